The Labute approximate surface area is 139 Å². The van der Waals surface area contributed by atoms with Crippen molar-refractivity contribution in [1.29, 1.82) is 0 Å². The molecule has 4 N–H and O–H groups in total. The number of amides is 1. The fourth-order valence-electron chi connectivity index (χ4n) is 2.73. The highest BCUT2D eigenvalue weighted by atomic mass is 35.5. The molecule has 1 unspecified atom stereocenters. The topological polar surface area (TPSA) is 78.6 Å². The van der Waals surface area contributed by atoms with Crippen molar-refractivity contribution in [3.8, 4) is 0 Å². The zero-order chi connectivity index (χ0) is 16.4. The van der Waals surface area contributed by atoms with Gasteiger partial charge in [-0.3, -0.25) is 4.79 Å². The van der Waals surface area contributed by atoms with Crippen molar-refractivity contribution >= 4 is 28.9 Å². The van der Waals surface area contributed by atoms with Crippen molar-refractivity contribution in [2.75, 3.05) is 23.8 Å². The molecule has 2 aromatic carbocycles. The van der Waals surface area contributed by atoms with Gasteiger partial charge in [0.05, 0.1) is 17.2 Å². The molecule has 0 spiro atoms. The number of nitrogens with one attached hydrogen (secondary N) is 1. The van der Waals surface area contributed by atoms with Crippen LogP contribution in [0.25, 0.3) is 0 Å². The Balaban J connectivity index is 2.02. The van der Waals surface area contributed by atoms with Crippen LogP contribution in [0.3, 0.4) is 0 Å². The summed E-state index contributed by atoms with van der Waals surface area (Å²) in [6.45, 7) is 0.918. The van der Waals surface area contributed by atoms with E-state index in [2.05, 4.69) is 5.32 Å². The maximum atomic E-state index is 13.0. The summed E-state index contributed by atoms with van der Waals surface area (Å²) >= 11 is 6.19. The normalized spacial score (nSPS) is 17.5. The summed E-state index contributed by atoms with van der Waals surface area (Å²) in [5.41, 5.74) is 8.44. The minimum Gasteiger partial charge on any atom is -0.399 e. The number of nitrogens with two attached hydrogens (primary N) is 1. The van der Waals surface area contributed by atoms with Crippen molar-refractivity contribution in [1.82, 2.24) is 5.32 Å². The summed E-state index contributed by atoms with van der Waals surface area (Å²) < 4.78 is 0. The molecule has 0 bridgehead atoms. The van der Waals surface area contributed by atoms with Gasteiger partial charge in [0, 0.05) is 30.5 Å². The Kier molecular flexibility index (Phi) is 4.52. The van der Waals surface area contributed by atoms with Gasteiger partial charge in [-0.1, -0.05) is 29.8 Å². The number of halogens is 1. The van der Waals surface area contributed by atoms with Gasteiger partial charge in [-0.15, -0.1) is 0 Å². The Morgan fingerprint density at radius 2 is 2.13 bits per heavy atom. The number of anilines is 2. The third-order valence-corrected chi connectivity index (χ3v) is 4.27. The molecule has 1 aliphatic heterocycles. The average Bonchev–Trinajstić information content (AvgIpc) is 2.74. The maximum Gasteiger partial charge on any atom is 0.259 e. The van der Waals surface area contributed by atoms with Gasteiger partial charge in [-0.05, 0) is 29.8 Å². The standard InChI is InChI=1S/C17H18ClN3O2/c18-15-7-12(19)5-6-14(15)17(23)21-9-13(10-22)20-8-11-3-1-2-4-16(11)21/h1-7,13,20,22H,8-10,19H2. The number of nitrogen functional groups attached to an aromatic ring is 1. The fourth-order valence-corrected chi connectivity index (χ4v) is 3.00. The molecule has 1 heterocycles. The van der Waals surface area contributed by atoms with Gasteiger partial charge >= 0.3 is 0 Å². The summed E-state index contributed by atoms with van der Waals surface area (Å²) in [4.78, 5) is 14.7. The molecule has 0 saturated heterocycles. The second-order valence-electron chi connectivity index (χ2n) is 5.54. The van der Waals surface area contributed by atoms with Crippen molar-refractivity contribution < 1.29 is 9.90 Å². The smallest absolute Gasteiger partial charge is 0.259 e. The molecular weight excluding hydrogens is 314 g/mol. The number of para-hydroxylation sites is 1. The second kappa shape index (κ2) is 6.58. The predicted molar refractivity (Wildman–Crippen MR) is 91.7 cm³/mol. The molecule has 6 heteroatoms. The number of benzene rings is 2. The minimum absolute atomic E-state index is 0.0484. The van der Waals surface area contributed by atoms with Crippen LogP contribution in [0.15, 0.2) is 42.5 Å². The Morgan fingerprint density at radius 3 is 2.87 bits per heavy atom. The molecule has 0 radical (unpaired) electrons. The Morgan fingerprint density at radius 1 is 1.35 bits per heavy atom. The van der Waals surface area contributed by atoms with Crippen LogP contribution in [-0.4, -0.2) is 30.2 Å². The lowest BCUT2D eigenvalue weighted by Gasteiger charge is -2.25. The third kappa shape index (κ3) is 3.17. The van der Waals surface area contributed by atoms with E-state index in [4.69, 9.17) is 17.3 Å². The summed E-state index contributed by atoms with van der Waals surface area (Å²) in [5, 5.41) is 13.1. The van der Waals surface area contributed by atoms with Gasteiger partial charge in [0.15, 0.2) is 0 Å². The highest BCUT2D eigenvalue weighted by molar-refractivity contribution is 6.34. The summed E-state index contributed by atoms with van der Waals surface area (Å²) in [6.07, 6.45) is 0. The number of carbonyl (C=O) groups is 1. The molecule has 0 aromatic heterocycles. The van der Waals surface area contributed by atoms with Gasteiger partial charge < -0.3 is 21.1 Å². The minimum atomic E-state index is -0.204. The number of nitrogens with zero attached hydrogens (tertiary/aromatic N) is 1. The monoisotopic (exact) mass is 331 g/mol. The Bertz CT molecular complexity index is 736. The SMILES string of the molecule is Nc1ccc(C(=O)N2CC(CO)NCc3ccccc32)c(Cl)c1. The van der Waals surface area contributed by atoms with Gasteiger partial charge in [-0.2, -0.15) is 0 Å². The summed E-state index contributed by atoms with van der Waals surface area (Å²) in [7, 11) is 0. The molecule has 1 aliphatic rings. The molecule has 120 valence electrons. The molecule has 3 rings (SSSR count). The maximum absolute atomic E-state index is 13.0. The summed E-state index contributed by atoms with van der Waals surface area (Å²) in [6, 6.07) is 12.4. The van der Waals surface area contributed by atoms with Crippen LogP contribution < -0.4 is 16.0 Å². The number of fused-ring (bicyclic) bond motifs is 1. The van der Waals surface area contributed by atoms with Crippen molar-refractivity contribution in [2.24, 2.45) is 0 Å². The van der Waals surface area contributed by atoms with Crippen LogP contribution in [0.1, 0.15) is 15.9 Å². The van der Waals surface area contributed by atoms with Crippen LogP contribution >= 0.6 is 11.6 Å². The molecule has 0 aliphatic carbocycles. The van der Waals surface area contributed by atoms with E-state index in [-0.39, 0.29) is 18.6 Å². The van der Waals surface area contributed by atoms with Crippen LogP contribution in [0.4, 0.5) is 11.4 Å². The number of hydrogen-bond acceptors (Lipinski definition) is 4. The van der Waals surface area contributed by atoms with E-state index >= 15 is 0 Å². The average molecular weight is 332 g/mol. The molecule has 23 heavy (non-hydrogen) atoms. The van der Waals surface area contributed by atoms with Gasteiger partial charge in [0.1, 0.15) is 0 Å². The van der Waals surface area contributed by atoms with Gasteiger partial charge in [0.2, 0.25) is 0 Å². The molecule has 0 fully saturated rings. The second-order valence-corrected chi connectivity index (χ2v) is 5.95. The lowest BCUT2D eigenvalue weighted by molar-refractivity contribution is 0.0982. The van der Waals surface area contributed by atoms with E-state index in [1.807, 2.05) is 24.3 Å². The number of carbonyl (C=O) groups excluding carboxylic acids is 1. The lowest BCUT2D eigenvalue weighted by Crippen LogP contribution is -2.43. The van der Waals surface area contributed by atoms with Crippen LogP contribution in [0.2, 0.25) is 5.02 Å². The van der Waals surface area contributed by atoms with Gasteiger partial charge in [0.25, 0.3) is 5.91 Å². The van der Waals surface area contributed by atoms with Crippen LogP contribution in [0.5, 0.6) is 0 Å². The van der Waals surface area contributed by atoms with Crippen molar-refractivity contribution in [3.63, 3.8) is 0 Å². The first kappa shape index (κ1) is 15.8. The van der Waals surface area contributed by atoms with E-state index in [0.29, 0.717) is 29.4 Å². The molecule has 5 nitrogen and oxygen atoms in total. The van der Waals surface area contributed by atoms with E-state index < -0.39 is 0 Å². The molecule has 0 saturated carbocycles. The predicted octanol–water partition coefficient (Wildman–Crippen LogP) is 2.03. The van der Waals surface area contributed by atoms with Crippen molar-refractivity contribution in [2.45, 2.75) is 12.6 Å². The first-order chi connectivity index (χ1) is 11.1. The molecule has 2 aromatic rings. The van der Waals surface area contributed by atoms with E-state index in [9.17, 15) is 9.90 Å². The molecular formula is C17H18ClN3O2. The lowest BCUT2D eigenvalue weighted by atomic mass is 10.1. The first-order valence-electron chi connectivity index (χ1n) is 7.39. The molecule has 1 amide bonds. The number of hydrogen-bond donors (Lipinski definition) is 3. The van der Waals surface area contributed by atoms with Crippen LogP contribution in [-0.2, 0) is 6.54 Å². The van der Waals surface area contributed by atoms with E-state index in [1.165, 1.54) is 0 Å². The highest BCUT2D eigenvalue weighted by Crippen LogP contribution is 2.28. The van der Waals surface area contributed by atoms with E-state index in [0.717, 1.165) is 11.3 Å². The Hall–Kier alpha value is -2.08. The highest BCUT2D eigenvalue weighted by Gasteiger charge is 2.27. The van der Waals surface area contributed by atoms with E-state index in [1.54, 1.807) is 23.1 Å². The zero-order valence-corrected chi connectivity index (χ0v) is 13.3. The largest absolute Gasteiger partial charge is 0.399 e. The van der Waals surface area contributed by atoms with Crippen molar-refractivity contribution in [3.05, 3.63) is 58.6 Å². The zero-order valence-electron chi connectivity index (χ0n) is 12.5. The summed E-state index contributed by atoms with van der Waals surface area (Å²) in [5.74, 6) is -0.204. The number of aliphatic hydroxyl groups excluding tert-OH is 1. The fraction of sp³-hybridized carbons (Fsp3) is 0.235. The first-order valence-corrected chi connectivity index (χ1v) is 7.77. The van der Waals surface area contributed by atoms with Gasteiger partial charge in [-0.25, -0.2) is 0 Å². The quantitative estimate of drug-likeness (QED) is 0.736. The van der Waals surface area contributed by atoms with Crippen LogP contribution in [0, 0.1) is 0 Å². The third-order valence-electron chi connectivity index (χ3n) is 3.96. The molecule has 1 atom stereocenters. The number of aliphatic hydroxyl groups is 1. The number of rotatable bonds is 2.